The van der Waals surface area contributed by atoms with E-state index in [0.29, 0.717) is 12.3 Å². The number of piperidine rings is 1. The monoisotopic (exact) mass is 295 g/mol. The van der Waals surface area contributed by atoms with E-state index in [0.717, 1.165) is 30.8 Å². The van der Waals surface area contributed by atoms with Crippen LogP contribution in [0.15, 0.2) is 0 Å². The molecule has 1 fully saturated rings. The summed E-state index contributed by atoms with van der Waals surface area (Å²) in [6, 6.07) is 0. The molecule has 2 atom stereocenters. The molecule has 0 spiro atoms. The van der Waals surface area contributed by atoms with Crippen molar-refractivity contribution in [1.29, 1.82) is 0 Å². The van der Waals surface area contributed by atoms with Gasteiger partial charge in [0.05, 0.1) is 11.8 Å². The zero-order valence-electron chi connectivity index (χ0n) is 13.3. The topological polar surface area (TPSA) is 67.6 Å². The number of carbonyl (C=O) groups is 1. The molecule has 0 aromatic carbocycles. The molecule has 0 aliphatic carbocycles. The highest BCUT2D eigenvalue weighted by molar-refractivity contribution is 5.78. The van der Waals surface area contributed by atoms with Gasteiger partial charge in [0, 0.05) is 26.1 Å². The van der Waals surface area contributed by atoms with Crippen molar-refractivity contribution in [3.05, 3.63) is 11.4 Å². The predicted molar refractivity (Wildman–Crippen MR) is 79.2 cm³/mol. The number of nitrogens with zero attached hydrogens (tertiary/aromatic N) is 3. The number of aliphatic hydroxyl groups is 1. The molecule has 6 heteroatoms. The summed E-state index contributed by atoms with van der Waals surface area (Å²) in [5, 5.41) is 13.9. The molecule has 6 nitrogen and oxygen atoms in total. The van der Waals surface area contributed by atoms with Crippen molar-refractivity contribution >= 4 is 5.91 Å². The normalized spacial score (nSPS) is 20.4. The van der Waals surface area contributed by atoms with Crippen molar-refractivity contribution in [2.45, 2.75) is 39.7 Å². The standard InChI is InChI=1S/C15H25N3O3/c1-10-15(11(2)17(4)16-10)21-9-14(20)18-7-5-6-13(8-18)12(3)19/h12-13,19H,5-9H2,1-4H3. The van der Waals surface area contributed by atoms with Gasteiger partial charge in [-0.25, -0.2) is 0 Å². The Morgan fingerprint density at radius 1 is 1.52 bits per heavy atom. The zero-order valence-corrected chi connectivity index (χ0v) is 13.3. The largest absolute Gasteiger partial charge is 0.480 e. The van der Waals surface area contributed by atoms with Crippen molar-refractivity contribution in [3.8, 4) is 5.75 Å². The van der Waals surface area contributed by atoms with Crippen LogP contribution in [-0.2, 0) is 11.8 Å². The highest BCUT2D eigenvalue weighted by Crippen LogP contribution is 2.22. The Bertz CT molecular complexity index is 511. The number of aromatic nitrogens is 2. The Hall–Kier alpha value is -1.56. The number of aliphatic hydroxyl groups excluding tert-OH is 1. The fourth-order valence-electron chi connectivity index (χ4n) is 2.82. The summed E-state index contributed by atoms with van der Waals surface area (Å²) in [6.07, 6.45) is 1.54. The third-order valence-corrected chi connectivity index (χ3v) is 4.28. The number of ether oxygens (including phenoxy) is 1. The van der Waals surface area contributed by atoms with Crippen LogP contribution in [0.1, 0.15) is 31.2 Å². The number of hydrogen-bond donors (Lipinski definition) is 1. The number of likely N-dealkylation sites (tertiary alicyclic amines) is 1. The fraction of sp³-hybridized carbons (Fsp3) is 0.733. The average Bonchev–Trinajstić information content (AvgIpc) is 2.70. The minimum absolute atomic E-state index is 0.0250. The summed E-state index contributed by atoms with van der Waals surface area (Å²) in [5.41, 5.74) is 1.71. The van der Waals surface area contributed by atoms with Crippen molar-refractivity contribution in [1.82, 2.24) is 14.7 Å². The van der Waals surface area contributed by atoms with Gasteiger partial charge in [-0.05, 0) is 33.6 Å². The summed E-state index contributed by atoms with van der Waals surface area (Å²) in [7, 11) is 1.86. The predicted octanol–water partition coefficient (Wildman–Crippen LogP) is 1.04. The first-order valence-corrected chi connectivity index (χ1v) is 7.49. The second kappa shape index (κ2) is 6.47. The van der Waals surface area contributed by atoms with Gasteiger partial charge in [-0.1, -0.05) is 0 Å². The van der Waals surface area contributed by atoms with E-state index in [1.54, 1.807) is 16.5 Å². The number of carbonyl (C=O) groups excluding carboxylic acids is 1. The summed E-state index contributed by atoms with van der Waals surface area (Å²) in [6.45, 7) is 6.97. The Balaban J connectivity index is 1.92. The average molecular weight is 295 g/mol. The van der Waals surface area contributed by atoms with Crippen LogP contribution in [0.3, 0.4) is 0 Å². The molecule has 0 radical (unpaired) electrons. The van der Waals surface area contributed by atoms with Gasteiger partial charge in [0.2, 0.25) is 0 Å². The molecule has 2 rings (SSSR count). The van der Waals surface area contributed by atoms with Gasteiger partial charge in [-0.2, -0.15) is 5.10 Å². The maximum atomic E-state index is 12.3. The van der Waals surface area contributed by atoms with Crippen LogP contribution in [0, 0.1) is 19.8 Å². The van der Waals surface area contributed by atoms with Crippen LogP contribution in [0.2, 0.25) is 0 Å². The smallest absolute Gasteiger partial charge is 0.260 e. The molecule has 2 unspecified atom stereocenters. The van der Waals surface area contributed by atoms with Crippen molar-refractivity contribution < 1.29 is 14.6 Å². The summed E-state index contributed by atoms with van der Waals surface area (Å²) < 4.78 is 7.41. The number of rotatable bonds is 4. The van der Waals surface area contributed by atoms with E-state index in [9.17, 15) is 9.90 Å². The van der Waals surface area contributed by atoms with Gasteiger partial charge in [0.1, 0.15) is 5.69 Å². The third-order valence-electron chi connectivity index (χ3n) is 4.28. The maximum Gasteiger partial charge on any atom is 0.260 e. The lowest BCUT2D eigenvalue weighted by atomic mass is 9.93. The first kappa shape index (κ1) is 15.8. The first-order chi connectivity index (χ1) is 9.90. The van der Waals surface area contributed by atoms with E-state index in [1.807, 2.05) is 20.9 Å². The van der Waals surface area contributed by atoms with Gasteiger partial charge in [-0.3, -0.25) is 9.48 Å². The third kappa shape index (κ3) is 3.56. The lowest BCUT2D eigenvalue weighted by Crippen LogP contribution is -2.44. The Kier molecular flexibility index (Phi) is 4.88. The minimum Gasteiger partial charge on any atom is -0.480 e. The molecule has 2 heterocycles. The van der Waals surface area contributed by atoms with Crippen molar-refractivity contribution in [2.24, 2.45) is 13.0 Å². The summed E-state index contributed by atoms with van der Waals surface area (Å²) in [4.78, 5) is 14.1. The second-order valence-electron chi connectivity index (χ2n) is 5.89. The number of amides is 1. The molecular formula is C15H25N3O3. The molecule has 0 bridgehead atoms. The van der Waals surface area contributed by atoms with Gasteiger partial charge in [-0.15, -0.1) is 0 Å². The van der Waals surface area contributed by atoms with E-state index >= 15 is 0 Å². The molecule has 1 amide bonds. The molecule has 1 saturated heterocycles. The quantitative estimate of drug-likeness (QED) is 0.901. The molecule has 1 aromatic heterocycles. The molecular weight excluding hydrogens is 270 g/mol. The van der Waals surface area contributed by atoms with Gasteiger partial charge >= 0.3 is 0 Å². The van der Waals surface area contributed by atoms with Crippen LogP contribution >= 0.6 is 0 Å². The Morgan fingerprint density at radius 3 is 2.81 bits per heavy atom. The Morgan fingerprint density at radius 2 is 2.24 bits per heavy atom. The lowest BCUT2D eigenvalue weighted by Gasteiger charge is -2.34. The molecule has 1 aromatic rings. The van der Waals surface area contributed by atoms with Crippen LogP contribution in [0.25, 0.3) is 0 Å². The van der Waals surface area contributed by atoms with Crippen LogP contribution in [0.4, 0.5) is 0 Å². The van der Waals surface area contributed by atoms with Crippen LogP contribution in [0.5, 0.6) is 5.75 Å². The van der Waals surface area contributed by atoms with Gasteiger partial charge in [0.15, 0.2) is 12.4 Å². The van der Waals surface area contributed by atoms with E-state index in [4.69, 9.17) is 4.74 Å². The maximum absolute atomic E-state index is 12.3. The van der Waals surface area contributed by atoms with Crippen molar-refractivity contribution in [2.75, 3.05) is 19.7 Å². The molecule has 1 aliphatic heterocycles. The summed E-state index contributed by atoms with van der Waals surface area (Å²) >= 11 is 0. The Labute approximate surface area is 125 Å². The fourth-order valence-corrected chi connectivity index (χ4v) is 2.82. The zero-order chi connectivity index (χ0) is 15.6. The van der Waals surface area contributed by atoms with Gasteiger partial charge in [0.25, 0.3) is 5.91 Å². The number of hydrogen-bond acceptors (Lipinski definition) is 4. The highest BCUT2D eigenvalue weighted by Gasteiger charge is 2.26. The molecule has 1 N–H and O–H groups in total. The van der Waals surface area contributed by atoms with Crippen molar-refractivity contribution in [3.63, 3.8) is 0 Å². The van der Waals surface area contributed by atoms with Crippen LogP contribution in [-0.4, -0.2) is 51.5 Å². The van der Waals surface area contributed by atoms with Crippen LogP contribution < -0.4 is 4.74 Å². The summed E-state index contributed by atoms with van der Waals surface area (Å²) in [5.74, 6) is 0.836. The minimum atomic E-state index is -0.371. The molecule has 1 aliphatic rings. The molecule has 118 valence electrons. The first-order valence-electron chi connectivity index (χ1n) is 7.49. The highest BCUT2D eigenvalue weighted by atomic mass is 16.5. The SMILES string of the molecule is Cc1nn(C)c(C)c1OCC(=O)N1CCCC(C(C)O)C1. The second-order valence-corrected chi connectivity index (χ2v) is 5.89. The van der Waals surface area contributed by atoms with E-state index < -0.39 is 0 Å². The van der Waals surface area contributed by atoms with Gasteiger partial charge < -0.3 is 14.7 Å². The van der Waals surface area contributed by atoms with E-state index in [-0.39, 0.29) is 24.5 Å². The molecule has 21 heavy (non-hydrogen) atoms. The molecule has 0 saturated carbocycles. The number of aryl methyl sites for hydroxylation is 2. The lowest BCUT2D eigenvalue weighted by molar-refractivity contribution is -0.136. The van der Waals surface area contributed by atoms with E-state index in [1.165, 1.54) is 0 Å². The van der Waals surface area contributed by atoms with E-state index in [2.05, 4.69) is 5.10 Å².